The van der Waals surface area contributed by atoms with E-state index in [2.05, 4.69) is 15.0 Å². The van der Waals surface area contributed by atoms with Gasteiger partial charge in [0.2, 0.25) is 19.5 Å². The average molecular weight is 696 g/mol. The maximum atomic E-state index is 13.4. The first kappa shape index (κ1) is 34.7. The van der Waals surface area contributed by atoms with Gasteiger partial charge < -0.3 is 38.7 Å². The predicted octanol–water partition coefficient (Wildman–Crippen LogP) is 5.88. The minimum Gasteiger partial charge on any atom is -0.497 e. The van der Waals surface area contributed by atoms with E-state index in [-0.39, 0.29) is 31.3 Å². The molecule has 0 atom stereocenters. The van der Waals surface area contributed by atoms with Gasteiger partial charge in [0.1, 0.15) is 34.8 Å². The smallest absolute Gasteiger partial charge is 0.497 e. The van der Waals surface area contributed by atoms with Gasteiger partial charge in [-0.05, 0) is 75.6 Å². The van der Waals surface area contributed by atoms with E-state index in [9.17, 15) is 14.2 Å². The van der Waals surface area contributed by atoms with Gasteiger partial charge >= 0.3 is 19.9 Å². The van der Waals surface area contributed by atoms with E-state index in [0.717, 1.165) is 62.0 Å². The summed E-state index contributed by atoms with van der Waals surface area (Å²) in [6.45, 7) is -1.18. The molecule has 0 aliphatic heterocycles. The molecule has 2 fully saturated rings. The first-order chi connectivity index (χ1) is 22.8. The Morgan fingerprint density at radius 1 is 0.936 bits per heavy atom. The molecule has 0 unspecified atom stereocenters. The zero-order valence-electron chi connectivity index (χ0n) is 25.9. The van der Waals surface area contributed by atoms with Crippen LogP contribution in [0.2, 0.25) is 0 Å². The molecule has 0 bridgehead atoms. The third-order valence-electron chi connectivity index (χ3n) is 7.43. The molecule has 0 saturated heterocycles. The maximum Gasteiger partial charge on any atom is 0.510 e. The molecular weight excluding hydrogens is 657 g/mol. The lowest BCUT2D eigenvalue weighted by molar-refractivity contribution is -0.0381. The molecule has 2 saturated carbocycles. The first-order valence-electron chi connectivity index (χ1n) is 15.2. The minimum atomic E-state index is -4.09. The highest BCUT2D eigenvalue weighted by Gasteiger charge is 2.29. The van der Waals surface area contributed by atoms with E-state index in [1.54, 1.807) is 18.0 Å². The number of rotatable bonds is 16. The molecule has 256 valence electrons. The van der Waals surface area contributed by atoms with Gasteiger partial charge in [0.15, 0.2) is 5.65 Å². The van der Waals surface area contributed by atoms with Crippen molar-refractivity contribution in [1.82, 2.24) is 19.5 Å². The Balaban J connectivity index is 1.15. The van der Waals surface area contributed by atoms with E-state index in [0.29, 0.717) is 16.2 Å². The molecule has 3 aromatic rings. The fraction of sp³-hybridized carbons (Fsp3) is 0.552. The largest absolute Gasteiger partial charge is 0.510 e. The molecule has 47 heavy (non-hydrogen) atoms. The van der Waals surface area contributed by atoms with E-state index in [4.69, 9.17) is 43.2 Å². The third-order valence-corrected chi connectivity index (χ3v) is 9.91. The Morgan fingerprint density at radius 3 is 2.11 bits per heavy atom. The number of imidazole rings is 1. The molecule has 2 N–H and O–H groups in total. The standard InChI is InChI=1S/C29H38N5O11PS/c1-38-20-10-12-23(13-11-20)47-26-24-25(32-27(30)33-26)34(16-31-24)14-15-39-19-46(37,42-17-40-28(35)44-21-6-2-3-7-21)43-18-41-29(36)45-22-8-4-5-9-22/h10-13,16,21-22H,2-9,14-15,17-19H2,1H3,(H2,30,32,33). The highest BCUT2D eigenvalue weighted by molar-refractivity contribution is 7.99. The first-order valence-corrected chi connectivity index (χ1v) is 17.8. The van der Waals surface area contributed by atoms with Gasteiger partial charge in [0, 0.05) is 11.4 Å². The number of benzene rings is 1. The number of nitrogens with two attached hydrogens (primary N) is 1. The van der Waals surface area contributed by atoms with Crippen LogP contribution in [0.25, 0.3) is 11.2 Å². The summed E-state index contributed by atoms with van der Waals surface area (Å²) < 4.78 is 56.9. The number of anilines is 1. The summed E-state index contributed by atoms with van der Waals surface area (Å²) in [5, 5.41) is 0.571. The monoisotopic (exact) mass is 695 g/mol. The average Bonchev–Trinajstić information content (AvgIpc) is 3.83. The van der Waals surface area contributed by atoms with Gasteiger partial charge in [-0.3, -0.25) is 13.6 Å². The van der Waals surface area contributed by atoms with Crippen molar-refractivity contribution in [3.8, 4) is 5.75 Å². The van der Waals surface area contributed by atoms with Crippen LogP contribution in [-0.2, 0) is 43.8 Å². The Bertz CT molecular complexity index is 1490. The van der Waals surface area contributed by atoms with Crippen LogP contribution in [0.4, 0.5) is 15.5 Å². The van der Waals surface area contributed by atoms with Crippen molar-refractivity contribution in [2.45, 2.75) is 80.0 Å². The number of nitrogens with zero attached hydrogens (tertiary/aromatic N) is 4. The van der Waals surface area contributed by atoms with Gasteiger partial charge in [-0.15, -0.1) is 0 Å². The van der Waals surface area contributed by atoms with Gasteiger partial charge in [-0.1, -0.05) is 11.8 Å². The lowest BCUT2D eigenvalue weighted by atomic mass is 10.3. The van der Waals surface area contributed by atoms with Crippen LogP contribution < -0.4 is 10.5 Å². The van der Waals surface area contributed by atoms with E-state index in [1.807, 2.05) is 24.3 Å². The van der Waals surface area contributed by atoms with Gasteiger partial charge in [-0.25, -0.2) is 19.6 Å². The molecule has 0 radical (unpaired) electrons. The summed E-state index contributed by atoms with van der Waals surface area (Å²) in [6.07, 6.45) is 5.61. The number of nitrogen functional groups attached to an aromatic ring is 1. The normalized spacial score (nSPS) is 15.6. The van der Waals surface area contributed by atoms with Crippen LogP contribution in [0, 0.1) is 0 Å². The molecule has 18 heteroatoms. The van der Waals surface area contributed by atoms with Crippen LogP contribution in [0.5, 0.6) is 5.75 Å². The SMILES string of the molecule is COc1ccc(Sc2nc(N)nc3c2ncn3CCOCP(=O)(OCOC(=O)OC2CCCC2)OCOC(=O)OC2CCCC2)cc1. The van der Waals surface area contributed by atoms with Crippen molar-refractivity contribution < 1.29 is 51.6 Å². The number of aromatic nitrogens is 4. The second kappa shape index (κ2) is 17.0. The summed E-state index contributed by atoms with van der Waals surface area (Å²) in [4.78, 5) is 38.1. The number of fused-ring (bicyclic) bond motifs is 1. The van der Waals surface area contributed by atoms with Crippen molar-refractivity contribution >= 4 is 48.8 Å². The molecule has 5 rings (SSSR count). The molecule has 2 aliphatic rings. The van der Waals surface area contributed by atoms with Gasteiger partial charge in [0.25, 0.3) is 0 Å². The Kier molecular flexibility index (Phi) is 12.5. The van der Waals surface area contributed by atoms with Crippen LogP contribution in [0.1, 0.15) is 51.4 Å². The minimum absolute atomic E-state index is 0.0300. The summed E-state index contributed by atoms with van der Waals surface area (Å²) in [6, 6.07) is 7.48. The van der Waals surface area contributed by atoms with Crippen LogP contribution >= 0.6 is 19.4 Å². The number of ether oxygens (including phenoxy) is 6. The zero-order chi connectivity index (χ0) is 33.1. The fourth-order valence-corrected chi connectivity index (χ4v) is 6.92. The Hall–Kier alpha value is -3.63. The van der Waals surface area contributed by atoms with Crippen LogP contribution in [-0.4, -0.2) is 77.7 Å². The quantitative estimate of drug-likeness (QED) is 0.0613. The second-order valence-electron chi connectivity index (χ2n) is 10.8. The highest BCUT2D eigenvalue weighted by atomic mass is 32.2. The fourth-order valence-electron chi connectivity index (χ4n) is 5.04. The van der Waals surface area contributed by atoms with Crippen molar-refractivity contribution in [3.63, 3.8) is 0 Å². The molecule has 0 amide bonds. The summed E-state index contributed by atoms with van der Waals surface area (Å²) in [5.41, 5.74) is 7.03. The van der Waals surface area contributed by atoms with Crippen molar-refractivity contribution in [2.75, 3.05) is 39.4 Å². The second-order valence-corrected chi connectivity index (χ2v) is 13.8. The topological polar surface area (TPSA) is 195 Å². The molecule has 1 aromatic carbocycles. The number of carbonyl (C=O) groups is 2. The molecule has 0 spiro atoms. The van der Waals surface area contributed by atoms with Gasteiger partial charge in [-0.2, -0.15) is 4.98 Å². The lowest BCUT2D eigenvalue weighted by Crippen LogP contribution is -2.19. The number of methoxy groups -OCH3 is 1. The summed E-state index contributed by atoms with van der Waals surface area (Å²) in [5.74, 6) is 0.801. The van der Waals surface area contributed by atoms with Crippen LogP contribution in [0.3, 0.4) is 0 Å². The molecule has 2 heterocycles. The third kappa shape index (κ3) is 10.4. The Morgan fingerprint density at radius 2 is 1.53 bits per heavy atom. The number of hydrogen-bond donors (Lipinski definition) is 1. The maximum absolute atomic E-state index is 13.4. The van der Waals surface area contributed by atoms with E-state index >= 15 is 0 Å². The van der Waals surface area contributed by atoms with Gasteiger partial charge in [0.05, 0.1) is 20.0 Å². The molecule has 2 aromatic heterocycles. The number of carbonyl (C=O) groups excluding carboxylic acids is 2. The molecule has 2 aliphatic carbocycles. The highest BCUT2D eigenvalue weighted by Crippen LogP contribution is 2.48. The Labute approximate surface area is 275 Å². The van der Waals surface area contributed by atoms with Crippen molar-refractivity contribution in [3.05, 3.63) is 30.6 Å². The number of hydrogen-bond acceptors (Lipinski definition) is 16. The lowest BCUT2D eigenvalue weighted by Gasteiger charge is -2.19. The summed E-state index contributed by atoms with van der Waals surface area (Å²) >= 11 is 1.38. The van der Waals surface area contributed by atoms with Crippen LogP contribution in [0.15, 0.2) is 40.5 Å². The zero-order valence-corrected chi connectivity index (χ0v) is 27.7. The van der Waals surface area contributed by atoms with Crippen molar-refractivity contribution in [1.29, 1.82) is 0 Å². The summed E-state index contributed by atoms with van der Waals surface area (Å²) in [7, 11) is -2.49. The van der Waals surface area contributed by atoms with E-state index < -0.39 is 39.8 Å². The molecule has 16 nitrogen and oxygen atoms in total. The predicted molar refractivity (Wildman–Crippen MR) is 167 cm³/mol. The van der Waals surface area contributed by atoms with Crippen molar-refractivity contribution in [2.24, 2.45) is 0 Å². The van der Waals surface area contributed by atoms with E-state index in [1.165, 1.54) is 11.8 Å². The molecular formula is C29H38N5O11PS.